The molecule has 1 aliphatic heterocycles. The van der Waals surface area contributed by atoms with Gasteiger partial charge in [0, 0.05) is 26.2 Å². The van der Waals surface area contributed by atoms with Gasteiger partial charge in [0.2, 0.25) is 5.82 Å². The highest BCUT2D eigenvalue weighted by Gasteiger charge is 2.27. The third-order valence-electron chi connectivity index (χ3n) is 4.70. The van der Waals surface area contributed by atoms with Gasteiger partial charge in [0.15, 0.2) is 0 Å². The molecule has 12 heteroatoms. The third-order valence-corrected chi connectivity index (χ3v) is 5.21. The van der Waals surface area contributed by atoms with Crippen LogP contribution in [0, 0.1) is 0 Å². The zero-order chi connectivity index (χ0) is 23.6. The molecule has 0 bridgehead atoms. The Kier molecular flexibility index (Phi) is 10.5. The van der Waals surface area contributed by atoms with Crippen molar-refractivity contribution in [3.8, 4) is 5.88 Å². The summed E-state index contributed by atoms with van der Waals surface area (Å²) >= 11 is 1.09. The van der Waals surface area contributed by atoms with Crippen molar-refractivity contribution in [2.24, 2.45) is 0 Å². The molecule has 0 amide bonds. The second-order valence-corrected chi connectivity index (χ2v) is 9.42. The van der Waals surface area contributed by atoms with Crippen LogP contribution in [0.4, 0.5) is 5.82 Å². The first kappa shape index (κ1) is 26.7. The number of ether oxygens (including phenoxy) is 4. The molecule has 184 valence electrons. The van der Waals surface area contributed by atoms with Gasteiger partial charge in [-0.3, -0.25) is 4.79 Å². The van der Waals surface area contributed by atoms with Crippen molar-refractivity contribution in [2.75, 3.05) is 64.1 Å². The third kappa shape index (κ3) is 9.92. The predicted octanol–water partition coefficient (Wildman–Crippen LogP) is 0.769. The smallest absolute Gasteiger partial charge is 0.306 e. The van der Waals surface area contributed by atoms with E-state index in [2.05, 4.69) is 19.0 Å². The molecule has 1 fully saturated rings. The number of nitrogens with zero attached hydrogens (tertiary/aromatic N) is 3. The minimum Gasteiger partial charge on any atom is -0.481 e. The molecule has 32 heavy (non-hydrogen) atoms. The zero-order valence-electron chi connectivity index (χ0n) is 19.3. The second-order valence-electron chi connectivity index (χ2n) is 8.89. The lowest BCUT2D eigenvalue weighted by molar-refractivity contribution is -0.151. The minimum absolute atomic E-state index is 0.0739. The van der Waals surface area contributed by atoms with Gasteiger partial charge >= 0.3 is 5.97 Å². The van der Waals surface area contributed by atoms with Crippen LogP contribution in [-0.2, 0) is 19.0 Å². The Balaban J connectivity index is 1.60. The number of carboxylic acid groups (broad SMARTS) is 1. The molecule has 3 N–H and O–H groups in total. The maximum absolute atomic E-state index is 10.9. The molecule has 1 atom stereocenters. The molecule has 0 spiro atoms. The number of rotatable bonds is 15. The van der Waals surface area contributed by atoms with Gasteiger partial charge in [-0.05, 0) is 27.7 Å². The fourth-order valence-corrected chi connectivity index (χ4v) is 3.48. The maximum Gasteiger partial charge on any atom is 0.306 e. The van der Waals surface area contributed by atoms with Crippen LogP contribution in [-0.4, -0.2) is 101 Å². The number of hydrogen-bond donors (Lipinski definition) is 3. The lowest BCUT2D eigenvalue weighted by Gasteiger charge is -2.31. The van der Waals surface area contributed by atoms with E-state index in [1.54, 1.807) is 13.8 Å². The van der Waals surface area contributed by atoms with Gasteiger partial charge < -0.3 is 39.4 Å². The van der Waals surface area contributed by atoms with Crippen molar-refractivity contribution in [3.05, 3.63) is 0 Å². The van der Waals surface area contributed by atoms with Crippen LogP contribution >= 0.6 is 11.7 Å². The van der Waals surface area contributed by atoms with Crippen LogP contribution in [0.5, 0.6) is 5.88 Å². The van der Waals surface area contributed by atoms with Crippen LogP contribution in [0.3, 0.4) is 0 Å². The van der Waals surface area contributed by atoms with E-state index in [9.17, 15) is 9.90 Å². The first-order chi connectivity index (χ1) is 15.1. The van der Waals surface area contributed by atoms with E-state index in [1.807, 2.05) is 13.8 Å². The molecule has 1 aliphatic rings. The molecule has 0 aromatic carbocycles. The Hall–Kier alpha value is -1.57. The zero-order valence-corrected chi connectivity index (χ0v) is 20.2. The van der Waals surface area contributed by atoms with Crippen molar-refractivity contribution < 1.29 is 34.0 Å². The van der Waals surface area contributed by atoms with Crippen molar-refractivity contribution in [1.82, 2.24) is 14.1 Å². The summed E-state index contributed by atoms with van der Waals surface area (Å²) in [4.78, 5) is 12.9. The monoisotopic (exact) mass is 476 g/mol. The van der Waals surface area contributed by atoms with Gasteiger partial charge in [-0.2, -0.15) is 4.37 Å². The molecule has 0 saturated carbocycles. The Morgan fingerprint density at radius 2 is 1.94 bits per heavy atom. The molecule has 0 aliphatic carbocycles. The normalized spacial score (nSPS) is 16.2. The van der Waals surface area contributed by atoms with E-state index >= 15 is 0 Å². The number of aliphatic hydroxyl groups excluding tert-OH is 1. The van der Waals surface area contributed by atoms with Crippen molar-refractivity contribution in [3.63, 3.8) is 0 Å². The summed E-state index contributed by atoms with van der Waals surface area (Å²) in [5.41, 5.74) is -1.32. The summed E-state index contributed by atoms with van der Waals surface area (Å²) in [7, 11) is 0. The number of carboxylic acids is 1. The summed E-state index contributed by atoms with van der Waals surface area (Å²) in [6.45, 7) is 11.7. The molecule has 2 rings (SSSR count). The van der Waals surface area contributed by atoms with E-state index in [0.29, 0.717) is 44.6 Å². The summed E-state index contributed by atoms with van der Waals surface area (Å²) in [6.07, 6.45) is -0.780. The Labute approximate surface area is 193 Å². The number of anilines is 1. The first-order valence-corrected chi connectivity index (χ1v) is 11.5. The van der Waals surface area contributed by atoms with E-state index in [0.717, 1.165) is 24.8 Å². The number of aromatic nitrogens is 2. The average Bonchev–Trinajstić information content (AvgIpc) is 3.19. The van der Waals surface area contributed by atoms with Crippen LogP contribution in [0.25, 0.3) is 0 Å². The molecular formula is C20H36N4O7S. The van der Waals surface area contributed by atoms with Crippen LogP contribution in [0.1, 0.15) is 34.1 Å². The van der Waals surface area contributed by atoms with E-state index < -0.39 is 23.3 Å². The number of nitrogens with one attached hydrogen (secondary N) is 1. The Morgan fingerprint density at radius 1 is 1.22 bits per heavy atom. The van der Waals surface area contributed by atoms with Gasteiger partial charge in [0.1, 0.15) is 12.7 Å². The largest absolute Gasteiger partial charge is 0.481 e. The molecule has 1 saturated heterocycles. The quantitative estimate of drug-likeness (QED) is 0.310. The standard InChI is InChI=1S/C20H36N4O7S/c1-19(2,11-16(26)27)31-14-20(3,4)30-8-5-21-12-15(25)13-29-18-17(22-32-23-18)24-6-9-28-10-7-24/h15,21,25H,5-14H2,1-4H3,(H,26,27)/t15-/m0/s1. The summed E-state index contributed by atoms with van der Waals surface area (Å²) < 4.78 is 31.0. The second kappa shape index (κ2) is 12.6. The molecule has 1 aromatic rings. The number of aliphatic carboxylic acids is 1. The number of carbonyl (C=O) groups is 1. The number of aliphatic hydroxyl groups is 1. The van der Waals surface area contributed by atoms with Gasteiger partial charge in [-0.1, -0.05) is 0 Å². The van der Waals surface area contributed by atoms with Crippen molar-refractivity contribution in [1.29, 1.82) is 0 Å². The van der Waals surface area contributed by atoms with Crippen molar-refractivity contribution >= 4 is 23.5 Å². The maximum atomic E-state index is 10.9. The fraction of sp³-hybridized carbons (Fsp3) is 0.850. The van der Waals surface area contributed by atoms with E-state index in [1.165, 1.54) is 0 Å². The summed E-state index contributed by atoms with van der Waals surface area (Å²) in [5, 5.41) is 22.2. The van der Waals surface area contributed by atoms with Gasteiger partial charge in [0.25, 0.3) is 5.88 Å². The number of hydrogen-bond acceptors (Lipinski definition) is 11. The number of morpholine rings is 1. The molecule has 2 heterocycles. The average molecular weight is 477 g/mol. The highest BCUT2D eigenvalue weighted by atomic mass is 32.1. The minimum atomic E-state index is -0.899. The lowest BCUT2D eigenvalue weighted by Crippen LogP contribution is -2.40. The molecular weight excluding hydrogens is 440 g/mol. The van der Waals surface area contributed by atoms with Gasteiger partial charge in [-0.15, -0.1) is 4.37 Å². The lowest BCUT2D eigenvalue weighted by atomic mass is 10.0. The van der Waals surface area contributed by atoms with E-state index in [-0.39, 0.29) is 19.6 Å². The van der Waals surface area contributed by atoms with Gasteiger partial charge in [-0.25, -0.2) is 0 Å². The molecule has 1 aromatic heterocycles. The van der Waals surface area contributed by atoms with Crippen LogP contribution in [0.15, 0.2) is 0 Å². The Bertz CT molecular complexity index is 695. The Morgan fingerprint density at radius 3 is 2.62 bits per heavy atom. The van der Waals surface area contributed by atoms with Crippen LogP contribution in [0.2, 0.25) is 0 Å². The molecule has 0 unspecified atom stereocenters. The van der Waals surface area contributed by atoms with Gasteiger partial charge in [0.05, 0.1) is 55.8 Å². The summed E-state index contributed by atoms with van der Waals surface area (Å²) in [5.74, 6) is 0.235. The topological polar surface area (TPSA) is 136 Å². The predicted molar refractivity (Wildman–Crippen MR) is 120 cm³/mol. The summed E-state index contributed by atoms with van der Waals surface area (Å²) in [6, 6.07) is 0. The highest BCUT2D eigenvalue weighted by molar-refractivity contribution is 6.99. The first-order valence-electron chi connectivity index (χ1n) is 10.7. The SMILES string of the molecule is CC(C)(COC(C)(C)CC(=O)O)OCCNC[C@H](O)COc1nsnc1N1CCOCC1. The molecule has 11 nitrogen and oxygen atoms in total. The highest BCUT2D eigenvalue weighted by Crippen LogP contribution is 2.26. The van der Waals surface area contributed by atoms with Crippen molar-refractivity contribution in [2.45, 2.75) is 51.4 Å². The van der Waals surface area contributed by atoms with E-state index in [4.69, 9.17) is 24.1 Å². The fourth-order valence-electron chi connectivity index (χ4n) is 2.96. The molecule has 0 radical (unpaired) electrons. The van der Waals surface area contributed by atoms with Crippen LogP contribution < -0.4 is 15.0 Å².